The highest BCUT2D eigenvalue weighted by atomic mass is 16.7. The SMILES string of the molecule is CO[C@H]1O[C@H](CO)[C@@H](O)[C@H](OC(=O)c2ccccc2)[C@H]1O. The molecule has 0 spiro atoms. The topological polar surface area (TPSA) is 105 Å². The quantitative estimate of drug-likeness (QED) is 0.631. The highest BCUT2D eigenvalue weighted by molar-refractivity contribution is 5.89. The van der Waals surface area contributed by atoms with Gasteiger partial charge in [0.25, 0.3) is 0 Å². The van der Waals surface area contributed by atoms with Gasteiger partial charge >= 0.3 is 5.97 Å². The van der Waals surface area contributed by atoms with Crippen molar-refractivity contribution in [2.24, 2.45) is 0 Å². The number of aliphatic hydroxyl groups is 3. The van der Waals surface area contributed by atoms with Gasteiger partial charge < -0.3 is 29.5 Å². The van der Waals surface area contributed by atoms with Crippen LogP contribution < -0.4 is 0 Å². The molecule has 1 aromatic rings. The van der Waals surface area contributed by atoms with Gasteiger partial charge in [-0.1, -0.05) is 18.2 Å². The molecule has 21 heavy (non-hydrogen) atoms. The zero-order valence-electron chi connectivity index (χ0n) is 11.5. The molecule has 7 heteroatoms. The van der Waals surface area contributed by atoms with Crippen LogP contribution in [0.15, 0.2) is 30.3 Å². The predicted octanol–water partition coefficient (Wildman–Crippen LogP) is -0.703. The van der Waals surface area contributed by atoms with Crippen LogP contribution in [0, 0.1) is 0 Å². The summed E-state index contributed by atoms with van der Waals surface area (Å²) < 4.78 is 15.2. The van der Waals surface area contributed by atoms with E-state index in [-0.39, 0.29) is 5.56 Å². The van der Waals surface area contributed by atoms with E-state index in [2.05, 4.69) is 0 Å². The molecule has 2 rings (SSSR count). The maximum absolute atomic E-state index is 12.0. The lowest BCUT2D eigenvalue weighted by atomic mass is 9.99. The Kier molecular flexibility index (Phi) is 5.27. The lowest BCUT2D eigenvalue weighted by Crippen LogP contribution is -2.60. The van der Waals surface area contributed by atoms with Crippen LogP contribution in [0.3, 0.4) is 0 Å². The van der Waals surface area contributed by atoms with E-state index in [1.165, 1.54) is 7.11 Å². The summed E-state index contributed by atoms with van der Waals surface area (Å²) in [6.45, 7) is -0.493. The zero-order chi connectivity index (χ0) is 15.4. The van der Waals surface area contributed by atoms with Crippen molar-refractivity contribution in [1.29, 1.82) is 0 Å². The molecule has 0 radical (unpaired) electrons. The summed E-state index contributed by atoms with van der Waals surface area (Å²) in [5.41, 5.74) is 0.290. The van der Waals surface area contributed by atoms with Crippen molar-refractivity contribution in [3.05, 3.63) is 35.9 Å². The average molecular weight is 298 g/mol. The molecule has 1 fully saturated rings. The molecule has 1 aromatic carbocycles. The number of rotatable bonds is 4. The van der Waals surface area contributed by atoms with Crippen molar-refractivity contribution in [1.82, 2.24) is 0 Å². The molecule has 1 aliphatic heterocycles. The molecule has 0 unspecified atom stereocenters. The van der Waals surface area contributed by atoms with E-state index in [0.29, 0.717) is 0 Å². The van der Waals surface area contributed by atoms with E-state index in [1.807, 2.05) is 0 Å². The summed E-state index contributed by atoms with van der Waals surface area (Å²) in [7, 11) is 1.30. The van der Waals surface area contributed by atoms with E-state index in [0.717, 1.165) is 0 Å². The third-order valence-corrected chi connectivity index (χ3v) is 3.31. The van der Waals surface area contributed by atoms with Crippen molar-refractivity contribution in [3.8, 4) is 0 Å². The predicted molar refractivity (Wildman–Crippen MR) is 70.4 cm³/mol. The Morgan fingerprint density at radius 3 is 2.48 bits per heavy atom. The van der Waals surface area contributed by atoms with Crippen molar-refractivity contribution >= 4 is 5.97 Å². The Morgan fingerprint density at radius 2 is 1.90 bits per heavy atom. The second-order valence-electron chi connectivity index (χ2n) is 4.68. The van der Waals surface area contributed by atoms with Gasteiger partial charge in [0, 0.05) is 7.11 Å². The molecule has 1 heterocycles. The van der Waals surface area contributed by atoms with Crippen LogP contribution in [0.25, 0.3) is 0 Å². The minimum atomic E-state index is -1.36. The smallest absolute Gasteiger partial charge is 0.338 e. The average Bonchev–Trinajstić information content (AvgIpc) is 2.52. The Balaban J connectivity index is 2.13. The van der Waals surface area contributed by atoms with Crippen LogP contribution >= 0.6 is 0 Å². The number of esters is 1. The van der Waals surface area contributed by atoms with Gasteiger partial charge in [0.2, 0.25) is 0 Å². The van der Waals surface area contributed by atoms with Gasteiger partial charge in [0.05, 0.1) is 12.2 Å². The van der Waals surface area contributed by atoms with Crippen molar-refractivity contribution in [2.45, 2.75) is 30.7 Å². The molecular weight excluding hydrogens is 280 g/mol. The number of aliphatic hydroxyl groups excluding tert-OH is 3. The molecule has 0 amide bonds. The number of carbonyl (C=O) groups is 1. The van der Waals surface area contributed by atoms with Gasteiger partial charge in [-0.3, -0.25) is 0 Å². The summed E-state index contributed by atoms with van der Waals surface area (Å²) in [5.74, 6) is -0.688. The van der Waals surface area contributed by atoms with Crippen LogP contribution in [0.1, 0.15) is 10.4 Å². The molecule has 1 saturated heterocycles. The van der Waals surface area contributed by atoms with Crippen molar-refractivity contribution in [3.63, 3.8) is 0 Å². The van der Waals surface area contributed by atoms with Crippen LogP contribution in [-0.2, 0) is 14.2 Å². The van der Waals surface area contributed by atoms with Crippen molar-refractivity contribution < 1.29 is 34.3 Å². The molecule has 7 nitrogen and oxygen atoms in total. The molecular formula is C14H18O7. The molecule has 0 aromatic heterocycles. The first-order valence-electron chi connectivity index (χ1n) is 6.49. The highest BCUT2D eigenvalue weighted by Crippen LogP contribution is 2.24. The standard InChI is InChI=1S/C14H18O7/c1-19-14-11(17)12(10(16)9(7-15)20-14)21-13(18)8-5-3-2-4-6-8/h2-6,9-12,14-17H,7H2,1H3/t9-,10-,11-,12+,14+/m1/s1. The Hall–Kier alpha value is -1.51. The fourth-order valence-corrected chi connectivity index (χ4v) is 2.15. The van der Waals surface area contributed by atoms with Gasteiger partial charge in [-0.15, -0.1) is 0 Å². The first kappa shape index (κ1) is 15.9. The van der Waals surface area contributed by atoms with E-state index in [4.69, 9.17) is 19.3 Å². The summed E-state index contributed by atoms with van der Waals surface area (Å²) in [6.07, 6.45) is -6.08. The first-order valence-corrected chi connectivity index (χ1v) is 6.49. The molecule has 116 valence electrons. The lowest BCUT2D eigenvalue weighted by Gasteiger charge is -2.40. The van der Waals surface area contributed by atoms with Crippen LogP contribution in [0.4, 0.5) is 0 Å². The summed E-state index contributed by atoms with van der Waals surface area (Å²) >= 11 is 0. The maximum atomic E-state index is 12.0. The number of hydrogen-bond donors (Lipinski definition) is 3. The van der Waals surface area contributed by atoms with Crippen LogP contribution in [0.2, 0.25) is 0 Å². The molecule has 0 saturated carbocycles. The fraction of sp³-hybridized carbons (Fsp3) is 0.500. The third kappa shape index (κ3) is 3.39. The Bertz CT molecular complexity index is 448. The van der Waals surface area contributed by atoms with Gasteiger partial charge in [-0.2, -0.15) is 0 Å². The summed E-state index contributed by atoms with van der Waals surface area (Å²) in [4.78, 5) is 12.0. The Morgan fingerprint density at radius 1 is 1.24 bits per heavy atom. The number of ether oxygens (including phenoxy) is 3. The molecule has 5 atom stereocenters. The first-order chi connectivity index (χ1) is 10.1. The van der Waals surface area contributed by atoms with E-state index >= 15 is 0 Å². The largest absolute Gasteiger partial charge is 0.453 e. The van der Waals surface area contributed by atoms with E-state index in [9.17, 15) is 15.0 Å². The van der Waals surface area contributed by atoms with E-state index < -0.39 is 43.3 Å². The number of carbonyl (C=O) groups excluding carboxylic acids is 1. The second-order valence-corrected chi connectivity index (χ2v) is 4.68. The van der Waals surface area contributed by atoms with Gasteiger partial charge in [-0.25, -0.2) is 4.79 Å². The molecule has 0 bridgehead atoms. The normalized spacial score (nSPS) is 32.7. The number of methoxy groups -OCH3 is 1. The van der Waals surface area contributed by atoms with Gasteiger partial charge in [0.15, 0.2) is 12.4 Å². The Labute approximate surface area is 121 Å². The highest BCUT2D eigenvalue weighted by Gasteiger charge is 2.46. The third-order valence-electron chi connectivity index (χ3n) is 3.31. The minimum Gasteiger partial charge on any atom is -0.453 e. The fourth-order valence-electron chi connectivity index (χ4n) is 2.15. The van der Waals surface area contributed by atoms with Crippen LogP contribution in [0.5, 0.6) is 0 Å². The van der Waals surface area contributed by atoms with Crippen molar-refractivity contribution in [2.75, 3.05) is 13.7 Å². The minimum absolute atomic E-state index is 0.290. The number of hydrogen-bond acceptors (Lipinski definition) is 7. The second kappa shape index (κ2) is 6.97. The summed E-state index contributed by atoms with van der Waals surface area (Å²) in [6, 6.07) is 8.19. The number of benzene rings is 1. The van der Waals surface area contributed by atoms with E-state index in [1.54, 1.807) is 30.3 Å². The van der Waals surface area contributed by atoms with Crippen LogP contribution in [-0.4, -0.2) is 65.7 Å². The molecule has 3 N–H and O–H groups in total. The van der Waals surface area contributed by atoms with Gasteiger partial charge in [0.1, 0.15) is 18.3 Å². The summed E-state index contributed by atoms with van der Waals surface area (Å²) in [5, 5.41) is 29.2. The zero-order valence-corrected chi connectivity index (χ0v) is 11.5. The molecule has 0 aliphatic carbocycles. The maximum Gasteiger partial charge on any atom is 0.338 e. The lowest BCUT2D eigenvalue weighted by molar-refractivity contribution is -0.293. The molecule has 1 aliphatic rings. The monoisotopic (exact) mass is 298 g/mol. The van der Waals surface area contributed by atoms with Gasteiger partial charge in [-0.05, 0) is 12.1 Å².